The molecule has 0 aromatic heterocycles. The highest BCUT2D eigenvalue weighted by atomic mass is 16.6. The Morgan fingerprint density at radius 2 is 2.45 bits per heavy atom. The minimum absolute atomic E-state index is 0.148. The van der Waals surface area contributed by atoms with Crippen molar-refractivity contribution >= 4 is 5.71 Å². The van der Waals surface area contributed by atoms with E-state index >= 15 is 0 Å². The number of nitrogens with zero attached hydrogens (tertiary/aromatic N) is 1. The molecular formula is C8H16N2O. The molecule has 11 heavy (non-hydrogen) atoms. The summed E-state index contributed by atoms with van der Waals surface area (Å²) in [4.78, 5) is 4.95. The van der Waals surface area contributed by atoms with E-state index in [1.54, 1.807) is 0 Å². The third-order valence-corrected chi connectivity index (χ3v) is 1.94. The molecule has 3 heteroatoms. The summed E-state index contributed by atoms with van der Waals surface area (Å²) in [5, 5.41) is 3.97. The Morgan fingerprint density at radius 3 is 3.09 bits per heavy atom. The summed E-state index contributed by atoms with van der Waals surface area (Å²) in [6.07, 6.45) is 4.51. The molecule has 0 saturated heterocycles. The van der Waals surface area contributed by atoms with Crippen LogP contribution in [0.25, 0.3) is 0 Å². The molecular weight excluding hydrogens is 140 g/mol. The van der Waals surface area contributed by atoms with E-state index in [1.807, 2.05) is 6.92 Å². The van der Waals surface area contributed by atoms with E-state index in [0.29, 0.717) is 6.61 Å². The highest BCUT2D eigenvalue weighted by Crippen LogP contribution is 2.14. The minimum Gasteiger partial charge on any atom is -0.396 e. The van der Waals surface area contributed by atoms with Crippen LogP contribution in [0.3, 0.4) is 0 Å². The summed E-state index contributed by atoms with van der Waals surface area (Å²) in [6, 6.07) is 0.148. The lowest BCUT2D eigenvalue weighted by atomic mass is 9.94. The van der Waals surface area contributed by atoms with Crippen molar-refractivity contribution in [3.05, 3.63) is 0 Å². The molecule has 0 bridgehead atoms. The average Bonchev–Trinajstić information content (AvgIpc) is 2.03. The smallest absolute Gasteiger partial charge is 0.114 e. The maximum absolute atomic E-state index is 5.81. The first-order valence-electron chi connectivity index (χ1n) is 4.29. The SMILES string of the molecule is CCO/N=C1\CCCCC1N. The van der Waals surface area contributed by atoms with E-state index in [9.17, 15) is 0 Å². The lowest BCUT2D eigenvalue weighted by Crippen LogP contribution is -2.33. The van der Waals surface area contributed by atoms with Crippen molar-refractivity contribution < 1.29 is 4.84 Å². The van der Waals surface area contributed by atoms with E-state index in [1.165, 1.54) is 12.8 Å². The predicted molar refractivity (Wildman–Crippen MR) is 45.5 cm³/mol. The van der Waals surface area contributed by atoms with Gasteiger partial charge in [-0.3, -0.25) is 0 Å². The Kier molecular flexibility index (Phi) is 3.36. The zero-order chi connectivity index (χ0) is 8.10. The molecule has 1 rings (SSSR count). The molecule has 0 amide bonds. The molecule has 1 fully saturated rings. The van der Waals surface area contributed by atoms with Gasteiger partial charge in [-0.1, -0.05) is 11.6 Å². The topological polar surface area (TPSA) is 47.6 Å². The van der Waals surface area contributed by atoms with Crippen molar-refractivity contribution in [3.8, 4) is 0 Å². The Balaban J connectivity index is 2.40. The Morgan fingerprint density at radius 1 is 1.64 bits per heavy atom. The van der Waals surface area contributed by atoms with Crippen LogP contribution in [0.1, 0.15) is 32.6 Å². The Labute approximate surface area is 67.6 Å². The molecule has 0 radical (unpaired) electrons. The van der Waals surface area contributed by atoms with Gasteiger partial charge >= 0.3 is 0 Å². The number of hydrogen-bond donors (Lipinski definition) is 1. The molecule has 0 heterocycles. The first-order valence-corrected chi connectivity index (χ1v) is 4.29. The van der Waals surface area contributed by atoms with Gasteiger partial charge in [0.2, 0.25) is 0 Å². The fourth-order valence-electron chi connectivity index (χ4n) is 1.28. The monoisotopic (exact) mass is 156 g/mol. The van der Waals surface area contributed by atoms with Crippen molar-refractivity contribution in [1.29, 1.82) is 0 Å². The Hall–Kier alpha value is -0.570. The second-order valence-corrected chi connectivity index (χ2v) is 2.85. The largest absolute Gasteiger partial charge is 0.396 e. The first-order chi connectivity index (χ1) is 5.34. The second-order valence-electron chi connectivity index (χ2n) is 2.85. The van der Waals surface area contributed by atoms with Crippen molar-refractivity contribution in [2.75, 3.05) is 6.61 Å². The average molecular weight is 156 g/mol. The van der Waals surface area contributed by atoms with Crippen molar-refractivity contribution in [2.45, 2.75) is 38.6 Å². The molecule has 0 aromatic rings. The highest BCUT2D eigenvalue weighted by Gasteiger charge is 2.16. The molecule has 1 unspecified atom stereocenters. The van der Waals surface area contributed by atoms with Gasteiger partial charge in [0.05, 0.1) is 5.71 Å². The summed E-state index contributed by atoms with van der Waals surface area (Å²) in [5.41, 5.74) is 6.85. The number of oxime groups is 1. The van der Waals surface area contributed by atoms with Crippen molar-refractivity contribution in [1.82, 2.24) is 0 Å². The van der Waals surface area contributed by atoms with Crippen LogP contribution in [0.15, 0.2) is 5.16 Å². The fourth-order valence-corrected chi connectivity index (χ4v) is 1.28. The zero-order valence-corrected chi connectivity index (χ0v) is 7.05. The van der Waals surface area contributed by atoms with Gasteiger partial charge in [0.25, 0.3) is 0 Å². The van der Waals surface area contributed by atoms with Crippen LogP contribution in [0.4, 0.5) is 0 Å². The number of nitrogens with two attached hydrogens (primary N) is 1. The lowest BCUT2D eigenvalue weighted by Gasteiger charge is -2.18. The molecule has 1 saturated carbocycles. The van der Waals surface area contributed by atoms with Gasteiger partial charge in [-0.25, -0.2) is 0 Å². The molecule has 0 aliphatic heterocycles. The standard InChI is InChI=1S/C8H16N2O/c1-2-11-10-8-6-4-3-5-7(8)9/h7H,2-6,9H2,1H3/b10-8+. The van der Waals surface area contributed by atoms with Crippen LogP contribution in [-0.2, 0) is 4.84 Å². The summed E-state index contributed by atoms with van der Waals surface area (Å²) in [7, 11) is 0. The van der Waals surface area contributed by atoms with E-state index in [0.717, 1.165) is 18.6 Å². The second kappa shape index (κ2) is 4.34. The quantitative estimate of drug-likeness (QED) is 0.612. The third kappa shape index (κ3) is 2.50. The van der Waals surface area contributed by atoms with Gasteiger partial charge in [-0.2, -0.15) is 0 Å². The van der Waals surface area contributed by atoms with Gasteiger partial charge in [-0.15, -0.1) is 0 Å². The molecule has 64 valence electrons. The van der Waals surface area contributed by atoms with Gasteiger partial charge < -0.3 is 10.6 Å². The van der Waals surface area contributed by atoms with Gasteiger partial charge in [0.15, 0.2) is 0 Å². The van der Waals surface area contributed by atoms with Crippen LogP contribution in [0.5, 0.6) is 0 Å². The molecule has 1 aliphatic rings. The van der Waals surface area contributed by atoms with Gasteiger partial charge in [0, 0.05) is 6.04 Å². The lowest BCUT2D eigenvalue weighted by molar-refractivity contribution is 0.156. The highest BCUT2D eigenvalue weighted by molar-refractivity contribution is 5.89. The van der Waals surface area contributed by atoms with E-state index in [-0.39, 0.29) is 6.04 Å². The maximum atomic E-state index is 5.81. The van der Waals surface area contributed by atoms with Crippen molar-refractivity contribution in [2.24, 2.45) is 10.9 Å². The van der Waals surface area contributed by atoms with Crippen LogP contribution >= 0.6 is 0 Å². The van der Waals surface area contributed by atoms with E-state index in [4.69, 9.17) is 10.6 Å². The van der Waals surface area contributed by atoms with Crippen LogP contribution in [0.2, 0.25) is 0 Å². The first kappa shape index (κ1) is 8.53. The summed E-state index contributed by atoms with van der Waals surface area (Å²) in [6.45, 7) is 2.56. The minimum atomic E-state index is 0.148. The maximum Gasteiger partial charge on any atom is 0.114 e. The van der Waals surface area contributed by atoms with Crippen LogP contribution in [0, 0.1) is 0 Å². The van der Waals surface area contributed by atoms with E-state index < -0.39 is 0 Å². The van der Waals surface area contributed by atoms with Crippen molar-refractivity contribution in [3.63, 3.8) is 0 Å². The molecule has 2 N–H and O–H groups in total. The predicted octanol–water partition coefficient (Wildman–Crippen LogP) is 1.28. The van der Waals surface area contributed by atoms with Gasteiger partial charge in [-0.05, 0) is 26.2 Å². The summed E-state index contributed by atoms with van der Waals surface area (Å²) in [5.74, 6) is 0. The number of rotatable bonds is 2. The molecule has 0 aromatic carbocycles. The fraction of sp³-hybridized carbons (Fsp3) is 0.875. The van der Waals surface area contributed by atoms with Crippen LogP contribution in [-0.4, -0.2) is 18.4 Å². The number of hydrogen-bond acceptors (Lipinski definition) is 3. The molecule has 1 atom stereocenters. The third-order valence-electron chi connectivity index (χ3n) is 1.94. The van der Waals surface area contributed by atoms with Crippen LogP contribution < -0.4 is 5.73 Å². The summed E-state index contributed by atoms with van der Waals surface area (Å²) < 4.78 is 0. The zero-order valence-electron chi connectivity index (χ0n) is 7.05. The summed E-state index contributed by atoms with van der Waals surface area (Å²) >= 11 is 0. The van der Waals surface area contributed by atoms with E-state index in [2.05, 4.69) is 5.16 Å². The molecule has 3 nitrogen and oxygen atoms in total. The van der Waals surface area contributed by atoms with Gasteiger partial charge in [0.1, 0.15) is 6.61 Å². The molecule has 0 spiro atoms. The Bertz CT molecular complexity index is 145. The normalized spacial score (nSPS) is 28.9. The molecule has 1 aliphatic carbocycles.